The number of epoxide rings is 2. The van der Waals surface area contributed by atoms with Crippen molar-refractivity contribution in [3.05, 3.63) is 11.6 Å². The molecule has 1 spiro atoms. The Hall–Kier alpha value is -2.46. The van der Waals surface area contributed by atoms with Crippen molar-refractivity contribution in [1.29, 1.82) is 0 Å². The fourth-order valence-electron chi connectivity index (χ4n) is 7.31. The molecule has 10 nitrogen and oxygen atoms in total. The van der Waals surface area contributed by atoms with Gasteiger partial charge in [-0.1, -0.05) is 20.8 Å². The predicted molar refractivity (Wildman–Crippen MR) is 110 cm³/mol. The third-order valence-corrected chi connectivity index (χ3v) is 8.80. The van der Waals surface area contributed by atoms with Crippen LogP contribution in [0.4, 0.5) is 0 Å². The summed E-state index contributed by atoms with van der Waals surface area (Å²) in [5.41, 5.74) is -2.39. The summed E-state index contributed by atoms with van der Waals surface area (Å²) in [7, 11) is 0. The zero-order valence-corrected chi connectivity index (χ0v) is 19.7. The van der Waals surface area contributed by atoms with E-state index in [0.29, 0.717) is 5.57 Å². The Morgan fingerprint density at radius 2 is 1.74 bits per heavy atom. The van der Waals surface area contributed by atoms with Gasteiger partial charge < -0.3 is 28.4 Å². The molecule has 184 valence electrons. The van der Waals surface area contributed by atoms with Crippen molar-refractivity contribution in [2.75, 3.05) is 0 Å². The summed E-state index contributed by atoms with van der Waals surface area (Å²) in [6.07, 6.45) is -2.81. The second kappa shape index (κ2) is 6.60. The van der Waals surface area contributed by atoms with Crippen molar-refractivity contribution in [3.63, 3.8) is 0 Å². The molecule has 6 aliphatic rings. The smallest absolute Gasteiger partial charge is 0.331 e. The molecular formula is C24H28O10. The summed E-state index contributed by atoms with van der Waals surface area (Å²) in [6, 6.07) is 0. The van der Waals surface area contributed by atoms with Gasteiger partial charge in [0.2, 0.25) is 0 Å². The second-order valence-corrected chi connectivity index (χ2v) is 10.5. The maximum atomic E-state index is 13.4. The van der Waals surface area contributed by atoms with Crippen molar-refractivity contribution >= 4 is 23.9 Å². The number of hydrogen-bond donors (Lipinski definition) is 0. The van der Waals surface area contributed by atoms with Crippen LogP contribution in [0.3, 0.4) is 0 Å². The summed E-state index contributed by atoms with van der Waals surface area (Å²) >= 11 is 0. The van der Waals surface area contributed by atoms with E-state index in [9.17, 15) is 19.2 Å². The molecule has 4 aliphatic heterocycles. The maximum Gasteiger partial charge on any atom is 0.331 e. The molecule has 3 saturated heterocycles. The molecule has 4 heterocycles. The fraction of sp³-hybridized carbons (Fsp3) is 0.750. The molecule has 34 heavy (non-hydrogen) atoms. The van der Waals surface area contributed by atoms with Crippen molar-refractivity contribution in [2.24, 2.45) is 16.7 Å². The number of fused-ring (bicyclic) bond motifs is 4. The lowest BCUT2D eigenvalue weighted by Gasteiger charge is -2.53. The minimum absolute atomic E-state index is 0.173. The van der Waals surface area contributed by atoms with Gasteiger partial charge in [-0.05, 0) is 19.4 Å². The fourth-order valence-corrected chi connectivity index (χ4v) is 7.31. The highest BCUT2D eigenvalue weighted by Gasteiger charge is 2.89. The van der Waals surface area contributed by atoms with Crippen LogP contribution >= 0.6 is 0 Å². The highest BCUT2D eigenvalue weighted by atomic mass is 16.7. The summed E-state index contributed by atoms with van der Waals surface area (Å²) in [6.45, 7) is 8.75. The van der Waals surface area contributed by atoms with Crippen molar-refractivity contribution in [2.45, 2.75) is 95.8 Å². The van der Waals surface area contributed by atoms with Crippen LogP contribution in [0.2, 0.25) is 0 Å². The molecule has 5 fully saturated rings. The quantitative estimate of drug-likeness (QED) is 0.322. The van der Waals surface area contributed by atoms with Crippen molar-refractivity contribution in [3.8, 4) is 0 Å². The van der Waals surface area contributed by atoms with E-state index in [-0.39, 0.29) is 12.8 Å². The molecule has 10 heteroatoms. The molecule has 0 bridgehead atoms. The van der Waals surface area contributed by atoms with E-state index in [0.717, 1.165) is 0 Å². The first-order valence-electron chi connectivity index (χ1n) is 11.9. The minimum atomic E-state index is -1.17. The van der Waals surface area contributed by atoms with E-state index in [1.54, 1.807) is 27.7 Å². The zero-order valence-electron chi connectivity index (χ0n) is 19.7. The zero-order chi connectivity index (χ0) is 24.4. The first kappa shape index (κ1) is 22.0. The Morgan fingerprint density at radius 1 is 1.03 bits per heavy atom. The summed E-state index contributed by atoms with van der Waals surface area (Å²) in [5, 5.41) is 0. The Kier molecular flexibility index (Phi) is 4.28. The number of rotatable bonds is 5. The number of hydrogen-bond acceptors (Lipinski definition) is 10. The lowest BCUT2D eigenvalue weighted by Crippen LogP contribution is -2.66. The molecule has 11 atom stereocenters. The normalized spacial score (nSPS) is 49.7. The monoisotopic (exact) mass is 476 g/mol. The van der Waals surface area contributed by atoms with Gasteiger partial charge in [0.15, 0.2) is 11.7 Å². The summed E-state index contributed by atoms with van der Waals surface area (Å²) < 4.78 is 35.2. The van der Waals surface area contributed by atoms with Gasteiger partial charge in [-0.2, -0.15) is 0 Å². The van der Waals surface area contributed by atoms with Crippen LogP contribution in [0.5, 0.6) is 0 Å². The van der Waals surface area contributed by atoms with Crippen LogP contribution in [-0.2, 0) is 47.6 Å². The van der Waals surface area contributed by atoms with Crippen LogP contribution < -0.4 is 0 Å². The standard InChI is InChI=1S/C24H28O10/c1-6-11(25)29-9(3)17-24-10(8-13(27)31-17)22(4)16-14(20(24)34-24)33-21(28)23(16,5)19(15-18(22)32-15)30-12(26)7-2/h8-9,14-20H,6-7H2,1-5H3/t9?,14-,15+,16+,17+,18-,19-,20+,22+,23+,24+/m0/s1. The van der Waals surface area contributed by atoms with Crippen molar-refractivity contribution < 1.29 is 47.6 Å². The molecular weight excluding hydrogens is 448 g/mol. The average Bonchev–Trinajstić information content (AvgIpc) is 3.70. The Balaban J connectivity index is 1.45. The van der Waals surface area contributed by atoms with Gasteiger partial charge in [-0.3, -0.25) is 14.4 Å². The third-order valence-electron chi connectivity index (χ3n) is 8.80. The largest absolute Gasteiger partial charge is 0.459 e. The molecule has 0 radical (unpaired) electrons. The van der Waals surface area contributed by atoms with Crippen LogP contribution in [0.15, 0.2) is 11.6 Å². The molecule has 2 aliphatic carbocycles. The number of esters is 4. The number of ether oxygens (including phenoxy) is 6. The van der Waals surface area contributed by atoms with Crippen molar-refractivity contribution in [1.82, 2.24) is 0 Å². The number of cyclic esters (lactones) is 1. The molecule has 1 unspecified atom stereocenters. The van der Waals surface area contributed by atoms with E-state index < -0.39 is 89.0 Å². The van der Waals surface area contributed by atoms with Gasteiger partial charge in [0.25, 0.3) is 0 Å². The Morgan fingerprint density at radius 3 is 2.41 bits per heavy atom. The highest BCUT2D eigenvalue weighted by molar-refractivity contribution is 5.88. The Labute approximate surface area is 196 Å². The van der Waals surface area contributed by atoms with Crippen LogP contribution in [0, 0.1) is 16.7 Å². The molecule has 0 aromatic carbocycles. The number of carbonyl (C=O) groups is 4. The molecule has 6 rings (SSSR count). The Bertz CT molecular complexity index is 1050. The topological polar surface area (TPSA) is 130 Å². The lowest BCUT2D eigenvalue weighted by atomic mass is 9.46. The van der Waals surface area contributed by atoms with Crippen LogP contribution in [0.25, 0.3) is 0 Å². The van der Waals surface area contributed by atoms with Gasteiger partial charge >= 0.3 is 23.9 Å². The summed E-state index contributed by atoms with van der Waals surface area (Å²) in [5.74, 6) is -2.33. The third kappa shape index (κ3) is 2.38. The lowest BCUT2D eigenvalue weighted by molar-refractivity contribution is -0.174. The first-order chi connectivity index (χ1) is 16.0. The summed E-state index contributed by atoms with van der Waals surface area (Å²) in [4.78, 5) is 50.3. The second-order valence-electron chi connectivity index (χ2n) is 10.5. The van der Waals surface area contributed by atoms with Crippen LogP contribution in [0.1, 0.15) is 47.5 Å². The van der Waals surface area contributed by atoms with Gasteiger partial charge in [0, 0.05) is 30.3 Å². The number of carbonyl (C=O) groups excluding carboxylic acids is 4. The molecule has 0 N–H and O–H groups in total. The molecule has 0 aromatic heterocycles. The molecule has 0 amide bonds. The van der Waals surface area contributed by atoms with E-state index in [4.69, 9.17) is 28.4 Å². The highest BCUT2D eigenvalue weighted by Crippen LogP contribution is 2.76. The molecule has 0 aromatic rings. The first-order valence-corrected chi connectivity index (χ1v) is 11.9. The predicted octanol–water partition coefficient (Wildman–Crippen LogP) is 0.988. The molecule has 2 saturated carbocycles. The SMILES string of the molecule is CCC(=O)OC(C)[C@H]1OC(=O)C=C2[C@]3(C)[C@H]4[C@H](OC(=O)[C@@]4(C)[C@@H](OC(=O)CC)[C@@H]4O[C@@H]43)[C@H]3O[C@]213. The van der Waals surface area contributed by atoms with E-state index in [1.165, 1.54) is 6.08 Å². The van der Waals surface area contributed by atoms with Gasteiger partial charge in [-0.25, -0.2) is 4.79 Å². The van der Waals surface area contributed by atoms with E-state index in [2.05, 4.69) is 0 Å². The van der Waals surface area contributed by atoms with Gasteiger partial charge in [0.05, 0.1) is 6.10 Å². The van der Waals surface area contributed by atoms with Gasteiger partial charge in [0.1, 0.15) is 35.9 Å². The van der Waals surface area contributed by atoms with E-state index in [1.807, 2.05) is 6.92 Å². The van der Waals surface area contributed by atoms with Crippen LogP contribution in [-0.4, -0.2) is 72.2 Å². The minimum Gasteiger partial charge on any atom is -0.459 e. The maximum absolute atomic E-state index is 13.4. The van der Waals surface area contributed by atoms with E-state index >= 15 is 0 Å². The average molecular weight is 476 g/mol. The van der Waals surface area contributed by atoms with Gasteiger partial charge in [-0.15, -0.1) is 0 Å².